The van der Waals surface area contributed by atoms with Crippen LogP contribution in [0.25, 0.3) is 0 Å². The highest BCUT2D eigenvalue weighted by molar-refractivity contribution is 9.10. The molecule has 1 saturated heterocycles. The van der Waals surface area contributed by atoms with Gasteiger partial charge >= 0.3 is 0 Å². The topological polar surface area (TPSA) is 69.7 Å². The van der Waals surface area contributed by atoms with Gasteiger partial charge in [-0.05, 0) is 67.6 Å². The number of hydrogen-bond acceptors (Lipinski definition) is 3. The monoisotopic (exact) mass is 497 g/mol. The van der Waals surface area contributed by atoms with Gasteiger partial charge in [0.05, 0.1) is 0 Å². The largest absolute Gasteiger partial charge is 0.349 e. The van der Waals surface area contributed by atoms with Crippen molar-refractivity contribution in [2.24, 2.45) is 5.92 Å². The Balaban J connectivity index is 1.26. The second-order valence-electron chi connectivity index (χ2n) is 8.71. The number of hydrogen-bond donors (Lipinski definition) is 1. The first-order valence-electron chi connectivity index (χ1n) is 11.1. The van der Waals surface area contributed by atoms with Crippen LogP contribution in [0, 0.1) is 5.92 Å². The van der Waals surface area contributed by atoms with Crippen molar-refractivity contribution in [2.45, 2.75) is 38.3 Å². The lowest BCUT2D eigenvalue weighted by atomic mass is 9.94. The van der Waals surface area contributed by atoms with Crippen molar-refractivity contribution >= 4 is 33.7 Å². The van der Waals surface area contributed by atoms with Gasteiger partial charge in [0.15, 0.2) is 0 Å². The van der Waals surface area contributed by atoms with Crippen molar-refractivity contribution in [2.75, 3.05) is 20.1 Å². The van der Waals surface area contributed by atoms with Crippen LogP contribution in [-0.2, 0) is 11.3 Å². The molecular formula is C25H28BrN3O3. The van der Waals surface area contributed by atoms with Gasteiger partial charge in [-0.2, -0.15) is 0 Å². The van der Waals surface area contributed by atoms with Crippen LogP contribution in [0.2, 0.25) is 0 Å². The summed E-state index contributed by atoms with van der Waals surface area (Å²) in [5.74, 6) is 0.0179. The third-order valence-electron chi connectivity index (χ3n) is 6.15. The average Bonchev–Trinajstić information content (AvgIpc) is 3.63. The first kappa shape index (κ1) is 22.5. The van der Waals surface area contributed by atoms with Crippen LogP contribution < -0.4 is 5.32 Å². The number of nitrogens with zero attached hydrogens (tertiary/aromatic N) is 2. The summed E-state index contributed by atoms with van der Waals surface area (Å²) in [7, 11) is 1.81. The second-order valence-corrected chi connectivity index (χ2v) is 9.63. The maximum absolute atomic E-state index is 12.9. The van der Waals surface area contributed by atoms with Crippen LogP contribution in [0.5, 0.6) is 0 Å². The zero-order valence-electron chi connectivity index (χ0n) is 18.2. The van der Waals surface area contributed by atoms with Gasteiger partial charge in [-0.1, -0.05) is 28.1 Å². The SMILES string of the molecule is CN(Cc1ccc(C(=O)NC2CC2)cc1)C(=O)C1CCN(C(=O)c2ccc(Br)cc2)CC1. The number of likely N-dealkylation sites (tertiary alicyclic amines) is 1. The zero-order valence-corrected chi connectivity index (χ0v) is 19.8. The Morgan fingerprint density at radius 3 is 2.12 bits per heavy atom. The quantitative estimate of drug-likeness (QED) is 0.658. The van der Waals surface area contributed by atoms with Gasteiger partial charge < -0.3 is 15.1 Å². The molecule has 0 aromatic heterocycles. The van der Waals surface area contributed by atoms with E-state index in [4.69, 9.17) is 0 Å². The van der Waals surface area contributed by atoms with Crippen molar-refractivity contribution in [1.82, 2.24) is 15.1 Å². The molecule has 0 unspecified atom stereocenters. The summed E-state index contributed by atoms with van der Waals surface area (Å²) in [6.45, 7) is 1.68. The van der Waals surface area contributed by atoms with E-state index in [1.54, 1.807) is 4.90 Å². The normalized spacial score (nSPS) is 16.5. The third kappa shape index (κ3) is 5.57. The number of nitrogens with one attached hydrogen (secondary N) is 1. The van der Waals surface area contributed by atoms with E-state index in [0.717, 1.165) is 22.9 Å². The molecule has 1 saturated carbocycles. The number of carbonyl (C=O) groups excluding carboxylic acids is 3. The summed E-state index contributed by atoms with van der Waals surface area (Å²) in [4.78, 5) is 41.3. The van der Waals surface area contributed by atoms with Gasteiger partial charge in [-0.15, -0.1) is 0 Å². The summed E-state index contributed by atoms with van der Waals surface area (Å²) in [6, 6.07) is 15.2. The van der Waals surface area contributed by atoms with E-state index >= 15 is 0 Å². The summed E-state index contributed by atoms with van der Waals surface area (Å²) >= 11 is 3.39. The molecule has 0 bridgehead atoms. The molecule has 1 heterocycles. The summed E-state index contributed by atoms with van der Waals surface area (Å²) in [5.41, 5.74) is 2.31. The smallest absolute Gasteiger partial charge is 0.253 e. The summed E-state index contributed by atoms with van der Waals surface area (Å²) in [6.07, 6.45) is 3.47. The molecular weight excluding hydrogens is 470 g/mol. The number of rotatable bonds is 6. The highest BCUT2D eigenvalue weighted by Crippen LogP contribution is 2.23. The van der Waals surface area contributed by atoms with E-state index in [1.165, 1.54) is 0 Å². The molecule has 4 rings (SSSR count). The Morgan fingerprint density at radius 2 is 1.53 bits per heavy atom. The molecule has 6 nitrogen and oxygen atoms in total. The van der Waals surface area contributed by atoms with Crippen LogP contribution in [0.4, 0.5) is 0 Å². The van der Waals surface area contributed by atoms with E-state index in [0.29, 0.717) is 49.6 Å². The molecule has 0 spiro atoms. The molecule has 0 radical (unpaired) electrons. The molecule has 1 aliphatic heterocycles. The lowest BCUT2D eigenvalue weighted by Gasteiger charge is -2.33. The fourth-order valence-corrected chi connectivity index (χ4v) is 4.29. The molecule has 1 aliphatic carbocycles. The molecule has 32 heavy (non-hydrogen) atoms. The Morgan fingerprint density at radius 1 is 0.938 bits per heavy atom. The Labute approximate surface area is 197 Å². The van der Waals surface area contributed by atoms with Crippen LogP contribution >= 0.6 is 15.9 Å². The molecule has 7 heteroatoms. The maximum atomic E-state index is 12.9. The lowest BCUT2D eigenvalue weighted by Crippen LogP contribution is -2.43. The Bertz CT molecular complexity index is 978. The highest BCUT2D eigenvalue weighted by Gasteiger charge is 2.29. The van der Waals surface area contributed by atoms with Gasteiger partial charge in [-0.25, -0.2) is 0 Å². The second kappa shape index (κ2) is 9.86. The lowest BCUT2D eigenvalue weighted by molar-refractivity contribution is -0.136. The molecule has 2 aliphatic rings. The molecule has 2 fully saturated rings. The number of carbonyl (C=O) groups is 3. The fraction of sp³-hybridized carbons (Fsp3) is 0.400. The molecule has 3 amide bonds. The van der Waals surface area contributed by atoms with E-state index in [1.807, 2.05) is 60.5 Å². The maximum Gasteiger partial charge on any atom is 0.253 e. The average molecular weight is 498 g/mol. The zero-order chi connectivity index (χ0) is 22.7. The van der Waals surface area contributed by atoms with Gasteiger partial charge in [0.2, 0.25) is 5.91 Å². The minimum absolute atomic E-state index is 0.0163. The van der Waals surface area contributed by atoms with Crippen molar-refractivity contribution < 1.29 is 14.4 Å². The van der Waals surface area contributed by atoms with Crippen LogP contribution in [-0.4, -0.2) is 53.7 Å². The summed E-state index contributed by atoms with van der Waals surface area (Å²) < 4.78 is 0.942. The van der Waals surface area contributed by atoms with Gasteiger partial charge in [-0.3, -0.25) is 14.4 Å². The Kier molecular flexibility index (Phi) is 6.94. The summed E-state index contributed by atoms with van der Waals surface area (Å²) in [5, 5.41) is 2.98. The van der Waals surface area contributed by atoms with E-state index in [-0.39, 0.29) is 23.6 Å². The molecule has 2 aromatic rings. The van der Waals surface area contributed by atoms with Crippen molar-refractivity contribution in [3.05, 3.63) is 69.7 Å². The predicted molar refractivity (Wildman–Crippen MR) is 126 cm³/mol. The number of benzene rings is 2. The molecule has 2 aromatic carbocycles. The minimum Gasteiger partial charge on any atom is -0.349 e. The standard InChI is InChI=1S/C25H28BrN3O3/c1-28(16-17-2-4-18(5-3-17)23(30)27-22-10-11-22)24(31)20-12-14-29(15-13-20)25(32)19-6-8-21(26)9-7-19/h2-9,20,22H,10-16H2,1H3,(H,27,30). The number of amides is 3. The van der Waals surface area contributed by atoms with Gasteiger partial charge in [0.1, 0.15) is 0 Å². The van der Waals surface area contributed by atoms with E-state index in [9.17, 15) is 14.4 Å². The first-order valence-corrected chi connectivity index (χ1v) is 11.9. The number of piperidine rings is 1. The molecule has 1 N–H and O–H groups in total. The van der Waals surface area contributed by atoms with Crippen LogP contribution in [0.3, 0.4) is 0 Å². The van der Waals surface area contributed by atoms with Crippen molar-refractivity contribution in [3.63, 3.8) is 0 Å². The van der Waals surface area contributed by atoms with Crippen LogP contribution in [0.15, 0.2) is 53.0 Å². The van der Waals surface area contributed by atoms with Gasteiger partial charge in [0.25, 0.3) is 11.8 Å². The molecule has 168 valence electrons. The van der Waals surface area contributed by atoms with Gasteiger partial charge in [0, 0.05) is 54.2 Å². The van der Waals surface area contributed by atoms with E-state index in [2.05, 4.69) is 21.2 Å². The predicted octanol–water partition coefficient (Wildman–Crippen LogP) is 3.85. The minimum atomic E-state index is -0.0717. The fourth-order valence-electron chi connectivity index (χ4n) is 4.03. The molecule has 0 atom stereocenters. The van der Waals surface area contributed by atoms with Crippen LogP contribution in [0.1, 0.15) is 52.0 Å². The van der Waals surface area contributed by atoms with E-state index < -0.39 is 0 Å². The number of halogens is 1. The third-order valence-corrected chi connectivity index (χ3v) is 6.68. The highest BCUT2D eigenvalue weighted by atomic mass is 79.9. The van der Waals surface area contributed by atoms with Crippen molar-refractivity contribution in [3.8, 4) is 0 Å². The van der Waals surface area contributed by atoms with Crippen molar-refractivity contribution in [1.29, 1.82) is 0 Å². The Hall–Kier alpha value is -2.67. The first-order chi connectivity index (χ1) is 15.4.